The Hall–Kier alpha value is -1.35. The first kappa shape index (κ1) is 14.7. The molecule has 0 aromatic carbocycles. The van der Waals surface area contributed by atoms with Gasteiger partial charge < -0.3 is 10.2 Å². The molecule has 0 aliphatic carbocycles. The molecular formula is C15H25N3. The van der Waals surface area contributed by atoms with Gasteiger partial charge >= 0.3 is 0 Å². The van der Waals surface area contributed by atoms with Crippen molar-refractivity contribution < 1.29 is 0 Å². The van der Waals surface area contributed by atoms with E-state index in [0.717, 1.165) is 31.0 Å². The van der Waals surface area contributed by atoms with Crippen LogP contribution in [0.5, 0.6) is 0 Å². The summed E-state index contributed by atoms with van der Waals surface area (Å²) >= 11 is 0. The van der Waals surface area contributed by atoms with Gasteiger partial charge in [0.05, 0.1) is 0 Å². The molecule has 0 saturated carbocycles. The highest BCUT2D eigenvalue weighted by atomic mass is 15.2. The van der Waals surface area contributed by atoms with Crippen LogP contribution >= 0.6 is 0 Å². The predicted octanol–water partition coefficient (Wildman–Crippen LogP) is 3.15. The van der Waals surface area contributed by atoms with E-state index >= 15 is 0 Å². The first-order chi connectivity index (χ1) is 8.58. The minimum absolute atomic E-state index is 0.354. The fourth-order valence-electron chi connectivity index (χ4n) is 1.95. The van der Waals surface area contributed by atoms with Crippen molar-refractivity contribution in [3.05, 3.63) is 36.0 Å². The SMILES string of the molecule is C=C(C)CN(CC)c1ccc(C(C)NCC)cn1. The van der Waals surface area contributed by atoms with Crippen molar-refractivity contribution in [3.8, 4) is 0 Å². The molecule has 3 nitrogen and oxygen atoms in total. The van der Waals surface area contributed by atoms with Crippen molar-refractivity contribution in [1.29, 1.82) is 0 Å². The molecule has 18 heavy (non-hydrogen) atoms. The molecule has 0 amide bonds. The third kappa shape index (κ3) is 4.15. The Labute approximate surface area is 111 Å². The van der Waals surface area contributed by atoms with Gasteiger partial charge in [-0.1, -0.05) is 25.1 Å². The molecule has 0 radical (unpaired) electrons. The summed E-state index contributed by atoms with van der Waals surface area (Å²) in [6.45, 7) is 15.2. The van der Waals surface area contributed by atoms with Gasteiger partial charge in [-0.2, -0.15) is 0 Å². The molecule has 0 saturated heterocycles. The van der Waals surface area contributed by atoms with E-state index in [1.54, 1.807) is 0 Å². The van der Waals surface area contributed by atoms with Gasteiger partial charge in [0.15, 0.2) is 0 Å². The zero-order chi connectivity index (χ0) is 13.5. The van der Waals surface area contributed by atoms with E-state index in [2.05, 4.69) is 54.7 Å². The van der Waals surface area contributed by atoms with Crippen molar-refractivity contribution in [2.24, 2.45) is 0 Å². The second-order valence-electron chi connectivity index (χ2n) is 4.70. The first-order valence-corrected chi connectivity index (χ1v) is 6.67. The van der Waals surface area contributed by atoms with E-state index in [-0.39, 0.29) is 0 Å². The summed E-state index contributed by atoms with van der Waals surface area (Å²) in [5, 5.41) is 3.39. The average molecular weight is 247 g/mol. The number of aromatic nitrogens is 1. The Morgan fingerprint density at radius 3 is 2.61 bits per heavy atom. The van der Waals surface area contributed by atoms with Crippen molar-refractivity contribution >= 4 is 5.82 Å². The van der Waals surface area contributed by atoms with Gasteiger partial charge in [0.1, 0.15) is 5.82 Å². The molecule has 1 atom stereocenters. The molecule has 1 aromatic rings. The van der Waals surface area contributed by atoms with Crippen LogP contribution in [0.3, 0.4) is 0 Å². The Balaban J connectivity index is 2.77. The van der Waals surface area contributed by atoms with Gasteiger partial charge in [-0.05, 0) is 38.9 Å². The largest absolute Gasteiger partial charge is 0.353 e. The summed E-state index contributed by atoms with van der Waals surface area (Å²) in [4.78, 5) is 6.78. The van der Waals surface area contributed by atoms with Crippen LogP contribution < -0.4 is 10.2 Å². The molecule has 0 bridgehead atoms. The Morgan fingerprint density at radius 1 is 1.44 bits per heavy atom. The molecule has 0 aliphatic rings. The minimum Gasteiger partial charge on any atom is -0.353 e. The van der Waals surface area contributed by atoms with E-state index in [9.17, 15) is 0 Å². The Bertz CT molecular complexity index is 370. The van der Waals surface area contributed by atoms with E-state index in [1.165, 1.54) is 5.56 Å². The highest BCUT2D eigenvalue weighted by molar-refractivity contribution is 5.41. The molecule has 0 fully saturated rings. The van der Waals surface area contributed by atoms with Gasteiger partial charge in [0, 0.05) is 25.3 Å². The fraction of sp³-hybridized carbons (Fsp3) is 0.533. The number of anilines is 1. The zero-order valence-corrected chi connectivity index (χ0v) is 12.0. The maximum atomic E-state index is 4.55. The highest BCUT2D eigenvalue weighted by Gasteiger charge is 2.08. The van der Waals surface area contributed by atoms with Gasteiger partial charge in [0.25, 0.3) is 0 Å². The molecule has 1 heterocycles. The third-order valence-electron chi connectivity index (χ3n) is 2.95. The second kappa shape index (κ2) is 7.17. The van der Waals surface area contributed by atoms with Gasteiger partial charge in [-0.25, -0.2) is 4.98 Å². The van der Waals surface area contributed by atoms with Crippen LogP contribution in [-0.2, 0) is 0 Å². The van der Waals surface area contributed by atoms with E-state index in [4.69, 9.17) is 0 Å². The number of rotatable bonds is 7. The summed E-state index contributed by atoms with van der Waals surface area (Å²) in [5.41, 5.74) is 2.38. The summed E-state index contributed by atoms with van der Waals surface area (Å²) < 4.78 is 0. The van der Waals surface area contributed by atoms with Crippen LogP contribution in [-0.4, -0.2) is 24.6 Å². The molecule has 1 rings (SSSR count). The number of hydrogen-bond donors (Lipinski definition) is 1. The maximum Gasteiger partial charge on any atom is 0.128 e. The average Bonchev–Trinajstić information content (AvgIpc) is 2.36. The quantitative estimate of drug-likeness (QED) is 0.750. The lowest BCUT2D eigenvalue weighted by atomic mass is 10.1. The molecule has 1 aromatic heterocycles. The van der Waals surface area contributed by atoms with E-state index in [1.807, 2.05) is 13.1 Å². The normalized spacial score (nSPS) is 12.2. The summed E-state index contributed by atoms with van der Waals surface area (Å²) in [7, 11) is 0. The van der Waals surface area contributed by atoms with Crippen LogP contribution in [0.4, 0.5) is 5.82 Å². The van der Waals surface area contributed by atoms with Crippen LogP contribution in [0.2, 0.25) is 0 Å². The third-order valence-corrected chi connectivity index (χ3v) is 2.95. The molecule has 100 valence electrons. The van der Waals surface area contributed by atoms with Crippen LogP contribution in [0, 0.1) is 0 Å². The lowest BCUT2D eigenvalue weighted by Crippen LogP contribution is -2.25. The van der Waals surface area contributed by atoms with E-state index < -0.39 is 0 Å². The van der Waals surface area contributed by atoms with Gasteiger partial charge in [-0.15, -0.1) is 0 Å². The Kier molecular flexibility index (Phi) is 5.86. The van der Waals surface area contributed by atoms with Gasteiger partial charge in [0.2, 0.25) is 0 Å². The van der Waals surface area contributed by atoms with E-state index in [0.29, 0.717) is 6.04 Å². The van der Waals surface area contributed by atoms with Crippen LogP contribution in [0.25, 0.3) is 0 Å². The molecular weight excluding hydrogens is 222 g/mol. The van der Waals surface area contributed by atoms with Crippen LogP contribution in [0.1, 0.15) is 39.3 Å². The zero-order valence-electron chi connectivity index (χ0n) is 12.0. The van der Waals surface area contributed by atoms with Crippen molar-refractivity contribution in [3.63, 3.8) is 0 Å². The summed E-state index contributed by atoms with van der Waals surface area (Å²) in [5.74, 6) is 1.02. The fourth-order valence-corrected chi connectivity index (χ4v) is 1.95. The molecule has 3 heteroatoms. The monoisotopic (exact) mass is 247 g/mol. The number of nitrogens with one attached hydrogen (secondary N) is 1. The minimum atomic E-state index is 0.354. The van der Waals surface area contributed by atoms with Crippen molar-refractivity contribution in [1.82, 2.24) is 10.3 Å². The molecule has 0 spiro atoms. The lowest BCUT2D eigenvalue weighted by Gasteiger charge is -2.22. The lowest BCUT2D eigenvalue weighted by molar-refractivity contribution is 0.596. The number of nitrogens with zero attached hydrogens (tertiary/aromatic N) is 2. The van der Waals surface area contributed by atoms with Crippen molar-refractivity contribution in [2.75, 3.05) is 24.5 Å². The number of hydrogen-bond acceptors (Lipinski definition) is 3. The second-order valence-corrected chi connectivity index (χ2v) is 4.70. The Morgan fingerprint density at radius 2 is 2.17 bits per heavy atom. The smallest absolute Gasteiger partial charge is 0.128 e. The molecule has 0 aliphatic heterocycles. The number of likely N-dealkylation sites (N-methyl/N-ethyl adjacent to an activating group) is 1. The number of pyridine rings is 1. The van der Waals surface area contributed by atoms with Crippen LogP contribution in [0.15, 0.2) is 30.5 Å². The predicted molar refractivity (Wildman–Crippen MR) is 79.0 cm³/mol. The first-order valence-electron chi connectivity index (χ1n) is 6.67. The highest BCUT2D eigenvalue weighted by Crippen LogP contribution is 2.16. The standard InChI is InChI=1S/C15H25N3/c1-6-16-13(5)14-8-9-15(17-10-14)18(7-2)11-12(3)4/h8-10,13,16H,3,6-7,11H2,1-2,4-5H3. The summed E-state index contributed by atoms with van der Waals surface area (Å²) in [6, 6.07) is 4.60. The summed E-state index contributed by atoms with van der Waals surface area (Å²) in [6.07, 6.45) is 1.96. The van der Waals surface area contributed by atoms with Crippen molar-refractivity contribution in [2.45, 2.75) is 33.7 Å². The van der Waals surface area contributed by atoms with Gasteiger partial charge in [-0.3, -0.25) is 0 Å². The maximum absolute atomic E-state index is 4.55. The molecule has 1 unspecified atom stereocenters. The molecule has 1 N–H and O–H groups in total. The topological polar surface area (TPSA) is 28.2 Å².